The average molecular weight is 524 g/mol. The second-order valence-electron chi connectivity index (χ2n) is 6.87. The zero-order valence-electron chi connectivity index (χ0n) is 15.6. The molecular formula is C24H15ClIN3O. The Balaban J connectivity index is 1.73. The molecule has 4 nitrogen and oxygen atoms in total. The number of nitrogens with one attached hydrogen (secondary N) is 1. The Hall–Kier alpha value is -2.90. The van der Waals surface area contributed by atoms with Crippen molar-refractivity contribution in [2.24, 2.45) is 0 Å². The van der Waals surface area contributed by atoms with Crippen LogP contribution in [0.3, 0.4) is 0 Å². The minimum absolute atomic E-state index is 0.112. The normalized spacial score (nSPS) is 11.7. The molecule has 1 N–H and O–H groups in total. The summed E-state index contributed by atoms with van der Waals surface area (Å²) in [6, 6.07) is 21.0. The molecular weight excluding hydrogens is 509 g/mol. The van der Waals surface area contributed by atoms with Gasteiger partial charge in [-0.2, -0.15) is 0 Å². The van der Waals surface area contributed by atoms with Gasteiger partial charge in [0.2, 0.25) is 0 Å². The molecule has 0 saturated heterocycles. The van der Waals surface area contributed by atoms with Gasteiger partial charge in [-0.15, -0.1) is 0 Å². The van der Waals surface area contributed by atoms with Crippen LogP contribution in [0, 0.1) is 3.57 Å². The largest absolute Gasteiger partial charge is 0.361 e. The molecule has 0 bridgehead atoms. The lowest BCUT2D eigenvalue weighted by Crippen LogP contribution is -2.22. The Morgan fingerprint density at radius 2 is 1.77 bits per heavy atom. The molecule has 0 spiro atoms. The van der Waals surface area contributed by atoms with E-state index < -0.39 is 0 Å². The Bertz CT molecular complexity index is 1480. The highest BCUT2D eigenvalue weighted by Gasteiger charge is 2.12. The number of halogens is 2. The van der Waals surface area contributed by atoms with Crippen molar-refractivity contribution in [1.82, 2.24) is 14.5 Å². The van der Waals surface area contributed by atoms with Crippen molar-refractivity contribution in [3.8, 4) is 5.69 Å². The van der Waals surface area contributed by atoms with E-state index in [9.17, 15) is 4.79 Å². The van der Waals surface area contributed by atoms with Crippen LogP contribution in [0.5, 0.6) is 0 Å². The maximum absolute atomic E-state index is 13.4. The number of H-pyrrole nitrogens is 1. The molecule has 0 aliphatic carbocycles. The number of hydrogen-bond acceptors (Lipinski definition) is 2. The molecule has 0 fully saturated rings. The van der Waals surface area contributed by atoms with Gasteiger partial charge in [0.25, 0.3) is 5.56 Å². The first-order chi connectivity index (χ1) is 14.6. The van der Waals surface area contributed by atoms with Gasteiger partial charge in [0, 0.05) is 25.7 Å². The van der Waals surface area contributed by atoms with E-state index >= 15 is 0 Å². The van der Waals surface area contributed by atoms with Crippen molar-refractivity contribution < 1.29 is 0 Å². The van der Waals surface area contributed by atoms with Crippen molar-refractivity contribution in [2.75, 3.05) is 0 Å². The van der Waals surface area contributed by atoms with Gasteiger partial charge in [0.15, 0.2) is 0 Å². The number of rotatable bonds is 3. The maximum Gasteiger partial charge on any atom is 0.266 e. The van der Waals surface area contributed by atoms with Crippen molar-refractivity contribution in [3.63, 3.8) is 0 Å². The van der Waals surface area contributed by atoms with Crippen molar-refractivity contribution in [3.05, 3.63) is 103 Å². The van der Waals surface area contributed by atoms with E-state index in [0.717, 1.165) is 25.7 Å². The van der Waals surface area contributed by atoms with Crippen molar-refractivity contribution in [2.45, 2.75) is 0 Å². The summed E-state index contributed by atoms with van der Waals surface area (Å²) >= 11 is 8.26. The van der Waals surface area contributed by atoms with Gasteiger partial charge in [-0.25, -0.2) is 4.98 Å². The van der Waals surface area contributed by atoms with E-state index in [1.165, 1.54) is 0 Å². The average Bonchev–Trinajstić information content (AvgIpc) is 3.17. The van der Waals surface area contributed by atoms with Crippen LogP contribution in [0.15, 0.2) is 77.7 Å². The van der Waals surface area contributed by atoms with Gasteiger partial charge in [-0.1, -0.05) is 29.8 Å². The maximum atomic E-state index is 13.4. The fourth-order valence-corrected chi connectivity index (χ4v) is 4.14. The topological polar surface area (TPSA) is 50.7 Å². The molecule has 30 heavy (non-hydrogen) atoms. The van der Waals surface area contributed by atoms with E-state index in [2.05, 4.69) is 33.6 Å². The van der Waals surface area contributed by atoms with E-state index in [0.29, 0.717) is 21.7 Å². The fraction of sp³-hybridized carbons (Fsp3) is 0. The molecule has 2 heterocycles. The number of aromatic amines is 1. The third kappa shape index (κ3) is 3.44. The highest BCUT2D eigenvalue weighted by Crippen LogP contribution is 2.22. The zero-order valence-corrected chi connectivity index (χ0v) is 18.6. The number of benzene rings is 3. The Kier molecular flexibility index (Phi) is 4.92. The number of aromatic nitrogens is 3. The van der Waals surface area contributed by atoms with Crippen LogP contribution in [0.2, 0.25) is 5.02 Å². The zero-order chi connectivity index (χ0) is 20.7. The van der Waals surface area contributed by atoms with Crippen molar-refractivity contribution >= 4 is 68.1 Å². The molecule has 146 valence electrons. The molecule has 5 aromatic rings. The SMILES string of the molecule is O=c1c2cc(I)ccc2nc(/C=C/c2c[nH]c3ccccc23)n1-c1ccc(Cl)cc1. The Morgan fingerprint density at radius 3 is 2.60 bits per heavy atom. The summed E-state index contributed by atoms with van der Waals surface area (Å²) < 4.78 is 2.61. The molecule has 0 aliphatic rings. The second-order valence-corrected chi connectivity index (χ2v) is 8.55. The number of para-hydroxylation sites is 1. The first-order valence-corrected chi connectivity index (χ1v) is 10.8. The number of fused-ring (bicyclic) bond motifs is 2. The van der Waals surface area contributed by atoms with Crippen LogP contribution in [0.25, 0.3) is 39.6 Å². The van der Waals surface area contributed by atoms with Gasteiger partial charge in [-0.3, -0.25) is 9.36 Å². The summed E-state index contributed by atoms with van der Waals surface area (Å²) in [7, 11) is 0. The van der Waals surface area contributed by atoms with Gasteiger partial charge in [-0.05, 0) is 88.8 Å². The lowest BCUT2D eigenvalue weighted by Gasteiger charge is -2.12. The summed E-state index contributed by atoms with van der Waals surface area (Å²) in [5.41, 5.74) is 3.37. The lowest BCUT2D eigenvalue weighted by atomic mass is 10.1. The minimum Gasteiger partial charge on any atom is -0.361 e. The minimum atomic E-state index is -0.112. The highest BCUT2D eigenvalue weighted by molar-refractivity contribution is 14.1. The van der Waals surface area contributed by atoms with E-state index in [1.807, 2.05) is 66.9 Å². The predicted octanol–water partition coefficient (Wildman–Crippen LogP) is 6.30. The van der Waals surface area contributed by atoms with E-state index in [1.54, 1.807) is 16.7 Å². The van der Waals surface area contributed by atoms with Gasteiger partial charge in [0.05, 0.1) is 16.6 Å². The molecule has 0 radical (unpaired) electrons. The smallest absolute Gasteiger partial charge is 0.266 e. The predicted molar refractivity (Wildman–Crippen MR) is 132 cm³/mol. The van der Waals surface area contributed by atoms with Crippen LogP contribution in [0.1, 0.15) is 11.4 Å². The molecule has 0 saturated carbocycles. The van der Waals surface area contributed by atoms with E-state index in [4.69, 9.17) is 16.6 Å². The molecule has 0 amide bonds. The molecule has 0 aliphatic heterocycles. The number of nitrogens with zero attached hydrogens (tertiary/aromatic N) is 2. The van der Waals surface area contributed by atoms with Gasteiger partial charge < -0.3 is 4.98 Å². The molecule has 2 aromatic heterocycles. The van der Waals surface area contributed by atoms with Gasteiger partial charge in [0.1, 0.15) is 5.82 Å². The Labute approximate surface area is 191 Å². The number of hydrogen-bond donors (Lipinski definition) is 1. The molecule has 5 rings (SSSR count). The van der Waals surface area contributed by atoms with E-state index in [-0.39, 0.29) is 5.56 Å². The molecule has 3 aromatic carbocycles. The lowest BCUT2D eigenvalue weighted by molar-refractivity contribution is 0.944. The summed E-state index contributed by atoms with van der Waals surface area (Å²) in [5, 5.41) is 2.32. The quantitative estimate of drug-likeness (QED) is 0.282. The van der Waals surface area contributed by atoms with Crippen LogP contribution in [-0.4, -0.2) is 14.5 Å². The second kappa shape index (κ2) is 7.74. The fourth-order valence-electron chi connectivity index (χ4n) is 3.52. The molecule has 0 unspecified atom stereocenters. The van der Waals surface area contributed by atoms with Crippen LogP contribution in [0.4, 0.5) is 0 Å². The van der Waals surface area contributed by atoms with Crippen molar-refractivity contribution in [1.29, 1.82) is 0 Å². The monoisotopic (exact) mass is 523 g/mol. The summed E-state index contributed by atoms with van der Waals surface area (Å²) in [6.07, 6.45) is 5.81. The third-order valence-electron chi connectivity index (χ3n) is 4.97. The summed E-state index contributed by atoms with van der Waals surface area (Å²) in [6.45, 7) is 0. The van der Waals surface area contributed by atoms with Crippen LogP contribution < -0.4 is 5.56 Å². The first-order valence-electron chi connectivity index (χ1n) is 9.32. The third-order valence-corrected chi connectivity index (χ3v) is 5.90. The first kappa shape index (κ1) is 19.1. The summed E-state index contributed by atoms with van der Waals surface area (Å²) in [5.74, 6) is 0.557. The molecule has 0 atom stereocenters. The summed E-state index contributed by atoms with van der Waals surface area (Å²) in [4.78, 5) is 21.5. The Morgan fingerprint density at radius 1 is 0.967 bits per heavy atom. The highest BCUT2D eigenvalue weighted by atomic mass is 127. The van der Waals surface area contributed by atoms with Crippen LogP contribution in [-0.2, 0) is 0 Å². The van der Waals surface area contributed by atoms with Gasteiger partial charge >= 0.3 is 0 Å². The standard InChI is InChI=1S/C24H15ClIN3O/c25-16-6-9-18(10-7-16)29-23(28-22-11-8-17(26)13-20(22)24(29)30)12-5-15-14-27-21-4-2-1-3-19(15)21/h1-14,27H/b12-5+. The van der Waals surface area contributed by atoms with Crippen LogP contribution >= 0.6 is 34.2 Å². The molecule has 6 heteroatoms.